The van der Waals surface area contributed by atoms with E-state index in [4.69, 9.17) is 4.74 Å². The van der Waals surface area contributed by atoms with Crippen molar-refractivity contribution in [1.82, 2.24) is 14.7 Å². The fraction of sp³-hybridized carbons (Fsp3) is 0.875. The van der Waals surface area contributed by atoms with Gasteiger partial charge in [0.25, 0.3) is 0 Å². The van der Waals surface area contributed by atoms with Gasteiger partial charge in [0.2, 0.25) is 5.91 Å². The summed E-state index contributed by atoms with van der Waals surface area (Å²) in [5, 5.41) is 0. The van der Waals surface area contributed by atoms with Crippen LogP contribution in [0.5, 0.6) is 0 Å². The Kier molecular flexibility index (Phi) is 5.81. The maximum atomic E-state index is 12.1. The van der Waals surface area contributed by atoms with E-state index < -0.39 is 5.60 Å². The molecule has 0 atom stereocenters. The third-order valence-corrected chi connectivity index (χ3v) is 4.06. The molecule has 6 heteroatoms. The van der Waals surface area contributed by atoms with E-state index in [1.54, 1.807) is 0 Å². The van der Waals surface area contributed by atoms with Crippen molar-refractivity contribution in [1.29, 1.82) is 0 Å². The summed E-state index contributed by atoms with van der Waals surface area (Å²) >= 11 is 0. The molecule has 0 bridgehead atoms. The average Bonchev–Trinajstić information content (AvgIpc) is 2.92. The highest BCUT2D eigenvalue weighted by Crippen LogP contribution is 2.10. The molecule has 2 rings (SSSR count). The lowest BCUT2D eigenvalue weighted by molar-refractivity contribution is -0.156. The summed E-state index contributed by atoms with van der Waals surface area (Å²) < 4.78 is 5.34. The van der Waals surface area contributed by atoms with Gasteiger partial charge in [-0.15, -0.1) is 0 Å². The topological polar surface area (TPSA) is 53.1 Å². The first-order chi connectivity index (χ1) is 10.3. The molecule has 0 aromatic carbocycles. The van der Waals surface area contributed by atoms with Crippen LogP contribution in [-0.4, -0.2) is 84.5 Å². The fourth-order valence-electron chi connectivity index (χ4n) is 2.92. The molecule has 0 aromatic heterocycles. The van der Waals surface area contributed by atoms with Crippen LogP contribution in [0, 0.1) is 0 Å². The minimum Gasteiger partial charge on any atom is -0.459 e. The lowest BCUT2D eigenvalue weighted by Gasteiger charge is -2.34. The van der Waals surface area contributed by atoms with Crippen LogP contribution < -0.4 is 0 Å². The van der Waals surface area contributed by atoms with Crippen LogP contribution in [0.3, 0.4) is 0 Å². The maximum Gasteiger partial charge on any atom is 0.320 e. The number of carbonyl (C=O) groups excluding carboxylic acids is 2. The lowest BCUT2D eigenvalue weighted by Crippen LogP contribution is -2.51. The number of likely N-dealkylation sites (tertiary alicyclic amines) is 1. The van der Waals surface area contributed by atoms with Crippen molar-refractivity contribution in [3.05, 3.63) is 0 Å². The Labute approximate surface area is 133 Å². The number of esters is 1. The molecular formula is C16H29N3O3. The Balaban J connectivity index is 1.67. The second-order valence-electron chi connectivity index (χ2n) is 7.23. The van der Waals surface area contributed by atoms with E-state index in [0.717, 1.165) is 52.1 Å². The van der Waals surface area contributed by atoms with E-state index in [-0.39, 0.29) is 11.9 Å². The number of ether oxygens (including phenoxy) is 1. The molecule has 1 amide bonds. The standard InChI is InChI=1S/C16H29N3O3/c1-16(2,3)22-15(21)13-18-10-8-17(9-11-18)12-14(20)19-6-4-5-7-19/h4-13H2,1-3H3. The van der Waals surface area contributed by atoms with Crippen molar-refractivity contribution in [3.8, 4) is 0 Å². The minimum absolute atomic E-state index is 0.172. The third kappa shape index (κ3) is 5.57. The van der Waals surface area contributed by atoms with Gasteiger partial charge in [-0.05, 0) is 33.6 Å². The van der Waals surface area contributed by atoms with Crippen LogP contribution in [0.4, 0.5) is 0 Å². The quantitative estimate of drug-likeness (QED) is 0.711. The smallest absolute Gasteiger partial charge is 0.320 e. The lowest BCUT2D eigenvalue weighted by atomic mass is 10.2. The van der Waals surface area contributed by atoms with Crippen LogP contribution in [0.25, 0.3) is 0 Å². The summed E-state index contributed by atoms with van der Waals surface area (Å²) in [7, 11) is 0. The van der Waals surface area contributed by atoms with E-state index in [0.29, 0.717) is 13.1 Å². The highest BCUT2D eigenvalue weighted by Gasteiger charge is 2.25. The summed E-state index contributed by atoms with van der Waals surface area (Å²) in [4.78, 5) is 30.2. The highest BCUT2D eigenvalue weighted by atomic mass is 16.6. The number of nitrogens with zero attached hydrogens (tertiary/aromatic N) is 3. The summed E-state index contributed by atoms with van der Waals surface area (Å²) in [5.74, 6) is 0.0761. The van der Waals surface area contributed by atoms with E-state index in [2.05, 4.69) is 9.80 Å². The Morgan fingerprint density at radius 1 is 0.864 bits per heavy atom. The van der Waals surface area contributed by atoms with Gasteiger partial charge in [0, 0.05) is 39.3 Å². The van der Waals surface area contributed by atoms with E-state index in [1.807, 2.05) is 25.7 Å². The zero-order valence-corrected chi connectivity index (χ0v) is 14.1. The van der Waals surface area contributed by atoms with Gasteiger partial charge in [-0.3, -0.25) is 19.4 Å². The van der Waals surface area contributed by atoms with Crippen molar-refractivity contribution >= 4 is 11.9 Å². The summed E-state index contributed by atoms with van der Waals surface area (Å²) in [6, 6.07) is 0. The van der Waals surface area contributed by atoms with Gasteiger partial charge < -0.3 is 9.64 Å². The zero-order valence-electron chi connectivity index (χ0n) is 14.1. The molecule has 22 heavy (non-hydrogen) atoms. The minimum atomic E-state index is -0.430. The van der Waals surface area contributed by atoms with Crippen LogP contribution in [-0.2, 0) is 14.3 Å². The van der Waals surface area contributed by atoms with E-state index in [9.17, 15) is 9.59 Å². The molecule has 6 nitrogen and oxygen atoms in total. The van der Waals surface area contributed by atoms with Crippen molar-refractivity contribution in [2.24, 2.45) is 0 Å². The molecule has 2 saturated heterocycles. The van der Waals surface area contributed by atoms with E-state index in [1.165, 1.54) is 0 Å². The number of hydrogen-bond donors (Lipinski definition) is 0. The third-order valence-electron chi connectivity index (χ3n) is 4.06. The van der Waals surface area contributed by atoms with Crippen LogP contribution >= 0.6 is 0 Å². The normalized spacial score (nSPS) is 21.1. The predicted molar refractivity (Wildman–Crippen MR) is 84.5 cm³/mol. The largest absolute Gasteiger partial charge is 0.459 e. The van der Waals surface area contributed by atoms with Gasteiger partial charge in [0.15, 0.2) is 0 Å². The van der Waals surface area contributed by atoms with Gasteiger partial charge in [0.05, 0.1) is 13.1 Å². The Morgan fingerprint density at radius 3 is 1.86 bits per heavy atom. The van der Waals surface area contributed by atoms with Crippen LogP contribution in [0.2, 0.25) is 0 Å². The number of rotatable bonds is 4. The molecule has 0 N–H and O–H groups in total. The van der Waals surface area contributed by atoms with Crippen molar-refractivity contribution in [2.45, 2.75) is 39.2 Å². The second-order valence-corrected chi connectivity index (χ2v) is 7.23. The SMILES string of the molecule is CC(C)(C)OC(=O)CN1CCN(CC(=O)N2CCCC2)CC1. The Morgan fingerprint density at radius 2 is 1.36 bits per heavy atom. The Hall–Kier alpha value is -1.14. The molecule has 0 radical (unpaired) electrons. The summed E-state index contributed by atoms with van der Waals surface area (Å²) in [6.45, 7) is 11.6. The first kappa shape index (κ1) is 17.2. The number of piperazine rings is 1. The van der Waals surface area contributed by atoms with Crippen LogP contribution in [0.1, 0.15) is 33.6 Å². The molecule has 0 unspecified atom stereocenters. The first-order valence-corrected chi connectivity index (χ1v) is 8.28. The number of hydrogen-bond acceptors (Lipinski definition) is 5. The van der Waals surface area contributed by atoms with E-state index >= 15 is 0 Å². The monoisotopic (exact) mass is 311 g/mol. The van der Waals surface area contributed by atoms with Gasteiger partial charge in [-0.25, -0.2) is 0 Å². The second kappa shape index (κ2) is 7.42. The molecule has 2 aliphatic heterocycles. The van der Waals surface area contributed by atoms with Crippen molar-refractivity contribution < 1.29 is 14.3 Å². The summed E-state index contributed by atoms with van der Waals surface area (Å²) in [6.07, 6.45) is 2.27. The maximum absolute atomic E-state index is 12.1. The van der Waals surface area contributed by atoms with Gasteiger partial charge in [-0.2, -0.15) is 0 Å². The van der Waals surface area contributed by atoms with Gasteiger partial charge in [0.1, 0.15) is 5.60 Å². The average molecular weight is 311 g/mol. The molecule has 0 spiro atoms. The molecule has 0 aliphatic carbocycles. The zero-order chi connectivity index (χ0) is 16.2. The molecule has 0 aromatic rings. The van der Waals surface area contributed by atoms with Crippen LogP contribution in [0.15, 0.2) is 0 Å². The molecule has 2 heterocycles. The van der Waals surface area contributed by atoms with Gasteiger partial charge in [-0.1, -0.05) is 0 Å². The Bertz CT molecular complexity index is 392. The number of amides is 1. The first-order valence-electron chi connectivity index (χ1n) is 8.28. The van der Waals surface area contributed by atoms with Crippen molar-refractivity contribution in [3.63, 3.8) is 0 Å². The molecule has 2 fully saturated rings. The molecule has 0 saturated carbocycles. The van der Waals surface area contributed by atoms with Crippen molar-refractivity contribution in [2.75, 3.05) is 52.4 Å². The predicted octanol–water partition coefficient (Wildman–Crippen LogP) is 0.568. The summed E-state index contributed by atoms with van der Waals surface area (Å²) in [5.41, 5.74) is -0.430. The molecule has 2 aliphatic rings. The molecule has 126 valence electrons. The highest BCUT2D eigenvalue weighted by molar-refractivity contribution is 5.78. The van der Waals surface area contributed by atoms with Gasteiger partial charge >= 0.3 is 5.97 Å². The fourth-order valence-corrected chi connectivity index (χ4v) is 2.92. The number of carbonyl (C=O) groups is 2. The molecular weight excluding hydrogens is 282 g/mol.